The van der Waals surface area contributed by atoms with Crippen LogP contribution >= 0.6 is 22.9 Å². The van der Waals surface area contributed by atoms with Crippen LogP contribution in [0.15, 0.2) is 60.0 Å². The standard InChI is InChI=1S/C23H20ClN3O3S/c24-18-10-9-15(13-19(18)26-23(30)20-7-4-12-31-20)22(29)25-16-5-3-6-17(14-16)27-11-2-1-8-21(27)28/h3-7,9-10,12-14H,1-2,8,11H2,(H,25,29)(H,26,30). The highest BCUT2D eigenvalue weighted by molar-refractivity contribution is 7.12. The van der Waals surface area contributed by atoms with E-state index < -0.39 is 0 Å². The highest BCUT2D eigenvalue weighted by atomic mass is 35.5. The first-order chi connectivity index (χ1) is 15.0. The van der Waals surface area contributed by atoms with Crippen LogP contribution in [0.2, 0.25) is 5.02 Å². The Morgan fingerprint density at radius 2 is 1.84 bits per heavy atom. The summed E-state index contributed by atoms with van der Waals surface area (Å²) in [6.45, 7) is 0.681. The van der Waals surface area contributed by atoms with Gasteiger partial charge in [0.1, 0.15) is 0 Å². The van der Waals surface area contributed by atoms with E-state index >= 15 is 0 Å². The van der Waals surface area contributed by atoms with Crippen molar-refractivity contribution >= 4 is 57.7 Å². The lowest BCUT2D eigenvalue weighted by Crippen LogP contribution is -2.35. The summed E-state index contributed by atoms with van der Waals surface area (Å²) in [6, 6.07) is 15.4. The minimum atomic E-state index is -0.342. The number of piperidine rings is 1. The highest BCUT2D eigenvalue weighted by Gasteiger charge is 2.20. The van der Waals surface area contributed by atoms with Crippen molar-refractivity contribution in [1.29, 1.82) is 0 Å². The van der Waals surface area contributed by atoms with Crippen molar-refractivity contribution in [3.05, 3.63) is 75.4 Å². The van der Waals surface area contributed by atoms with Gasteiger partial charge in [-0.15, -0.1) is 11.3 Å². The molecule has 158 valence electrons. The summed E-state index contributed by atoms with van der Waals surface area (Å²) in [4.78, 5) is 39.6. The molecule has 0 spiro atoms. The van der Waals surface area contributed by atoms with E-state index in [0.717, 1.165) is 18.5 Å². The summed E-state index contributed by atoms with van der Waals surface area (Å²) in [5.74, 6) is -0.530. The topological polar surface area (TPSA) is 78.5 Å². The third kappa shape index (κ3) is 4.95. The minimum absolute atomic E-state index is 0.0959. The fourth-order valence-corrected chi connectivity index (χ4v) is 4.17. The summed E-state index contributed by atoms with van der Waals surface area (Å²) >= 11 is 7.53. The third-order valence-corrected chi connectivity index (χ3v) is 6.16. The lowest BCUT2D eigenvalue weighted by atomic mass is 10.1. The number of carbonyl (C=O) groups excluding carboxylic acids is 3. The van der Waals surface area contributed by atoms with Crippen LogP contribution in [0.4, 0.5) is 17.1 Å². The zero-order valence-electron chi connectivity index (χ0n) is 16.6. The SMILES string of the molecule is O=C(Nc1cccc(N2CCCCC2=O)c1)c1ccc(Cl)c(NC(=O)c2cccs2)c1. The van der Waals surface area contributed by atoms with Crippen molar-refractivity contribution in [2.24, 2.45) is 0 Å². The average molecular weight is 454 g/mol. The molecule has 0 unspecified atom stereocenters. The molecule has 1 fully saturated rings. The van der Waals surface area contributed by atoms with E-state index in [1.54, 1.807) is 53.4 Å². The van der Waals surface area contributed by atoms with Gasteiger partial charge in [-0.1, -0.05) is 23.7 Å². The molecule has 1 aliphatic rings. The Hall–Kier alpha value is -3.16. The van der Waals surface area contributed by atoms with Crippen LogP contribution in [0.5, 0.6) is 0 Å². The summed E-state index contributed by atoms with van der Waals surface area (Å²) in [7, 11) is 0. The molecule has 2 aromatic carbocycles. The van der Waals surface area contributed by atoms with E-state index in [1.807, 2.05) is 11.4 Å². The summed E-state index contributed by atoms with van der Waals surface area (Å²) in [5, 5.41) is 7.74. The maximum Gasteiger partial charge on any atom is 0.265 e. The van der Waals surface area contributed by atoms with Gasteiger partial charge >= 0.3 is 0 Å². The maximum atomic E-state index is 12.8. The summed E-state index contributed by atoms with van der Waals surface area (Å²) < 4.78 is 0. The monoisotopic (exact) mass is 453 g/mol. The second-order valence-electron chi connectivity index (χ2n) is 7.13. The molecule has 1 saturated heterocycles. The van der Waals surface area contributed by atoms with E-state index in [4.69, 9.17) is 11.6 Å². The number of halogens is 1. The van der Waals surface area contributed by atoms with Crippen LogP contribution in [0.25, 0.3) is 0 Å². The molecule has 3 aromatic rings. The second-order valence-corrected chi connectivity index (χ2v) is 8.49. The van der Waals surface area contributed by atoms with E-state index in [9.17, 15) is 14.4 Å². The maximum absolute atomic E-state index is 12.8. The van der Waals surface area contributed by atoms with Crippen LogP contribution in [0.3, 0.4) is 0 Å². The largest absolute Gasteiger partial charge is 0.322 e. The number of amides is 3. The van der Waals surface area contributed by atoms with Gasteiger partial charge in [-0.3, -0.25) is 14.4 Å². The molecule has 0 radical (unpaired) electrons. The van der Waals surface area contributed by atoms with Gasteiger partial charge in [0.15, 0.2) is 0 Å². The Labute approximate surface area is 188 Å². The molecule has 0 saturated carbocycles. The van der Waals surface area contributed by atoms with Crippen molar-refractivity contribution in [3.63, 3.8) is 0 Å². The first kappa shape index (κ1) is 21.1. The van der Waals surface area contributed by atoms with Crippen LogP contribution in [0.1, 0.15) is 39.3 Å². The van der Waals surface area contributed by atoms with Crippen molar-refractivity contribution in [2.45, 2.75) is 19.3 Å². The number of hydrogen-bond acceptors (Lipinski definition) is 4. The fraction of sp³-hybridized carbons (Fsp3) is 0.174. The van der Waals surface area contributed by atoms with E-state index in [0.29, 0.717) is 39.8 Å². The third-order valence-electron chi connectivity index (χ3n) is 4.96. The van der Waals surface area contributed by atoms with Crippen molar-refractivity contribution < 1.29 is 14.4 Å². The van der Waals surface area contributed by atoms with Gasteiger partial charge in [0.05, 0.1) is 15.6 Å². The zero-order chi connectivity index (χ0) is 21.8. The molecule has 2 heterocycles. The van der Waals surface area contributed by atoms with Crippen molar-refractivity contribution in [2.75, 3.05) is 22.1 Å². The average Bonchev–Trinajstić information content (AvgIpc) is 3.31. The molecule has 1 aliphatic heterocycles. The van der Waals surface area contributed by atoms with Crippen LogP contribution in [0, 0.1) is 0 Å². The molecule has 6 nitrogen and oxygen atoms in total. The predicted molar refractivity (Wildman–Crippen MR) is 124 cm³/mol. The molecule has 0 bridgehead atoms. The number of benzene rings is 2. The molecular weight excluding hydrogens is 434 g/mol. The number of nitrogens with zero attached hydrogens (tertiary/aromatic N) is 1. The van der Waals surface area contributed by atoms with Gasteiger partial charge in [-0.2, -0.15) is 0 Å². The summed E-state index contributed by atoms with van der Waals surface area (Å²) in [6.07, 6.45) is 2.42. The van der Waals surface area contributed by atoms with E-state index in [-0.39, 0.29) is 17.7 Å². The minimum Gasteiger partial charge on any atom is -0.322 e. The van der Waals surface area contributed by atoms with Crippen molar-refractivity contribution in [1.82, 2.24) is 0 Å². The number of anilines is 3. The Balaban J connectivity index is 1.49. The fourth-order valence-electron chi connectivity index (χ4n) is 3.39. The molecule has 1 aromatic heterocycles. The number of thiophene rings is 1. The quantitative estimate of drug-likeness (QED) is 0.541. The summed E-state index contributed by atoms with van der Waals surface area (Å²) in [5.41, 5.74) is 2.06. The first-order valence-electron chi connectivity index (χ1n) is 9.87. The molecule has 8 heteroatoms. The van der Waals surface area contributed by atoms with Gasteiger partial charge in [0, 0.05) is 29.9 Å². The van der Waals surface area contributed by atoms with E-state index in [1.165, 1.54) is 11.3 Å². The smallest absolute Gasteiger partial charge is 0.265 e. The normalized spacial score (nSPS) is 13.7. The Morgan fingerprint density at radius 3 is 2.61 bits per heavy atom. The van der Waals surface area contributed by atoms with E-state index in [2.05, 4.69) is 10.6 Å². The van der Waals surface area contributed by atoms with Crippen LogP contribution < -0.4 is 15.5 Å². The lowest BCUT2D eigenvalue weighted by molar-refractivity contribution is -0.119. The number of hydrogen-bond donors (Lipinski definition) is 2. The molecular formula is C23H20ClN3O3S. The van der Waals surface area contributed by atoms with Crippen molar-refractivity contribution in [3.8, 4) is 0 Å². The lowest BCUT2D eigenvalue weighted by Gasteiger charge is -2.27. The molecule has 31 heavy (non-hydrogen) atoms. The Bertz CT molecular complexity index is 1130. The highest BCUT2D eigenvalue weighted by Crippen LogP contribution is 2.27. The Kier molecular flexibility index (Phi) is 6.34. The van der Waals surface area contributed by atoms with Crippen LogP contribution in [-0.4, -0.2) is 24.3 Å². The van der Waals surface area contributed by atoms with Gasteiger partial charge in [-0.25, -0.2) is 0 Å². The molecule has 0 atom stereocenters. The zero-order valence-corrected chi connectivity index (χ0v) is 18.1. The molecule has 4 rings (SSSR count). The number of rotatable bonds is 5. The number of nitrogens with one attached hydrogen (secondary N) is 2. The predicted octanol–water partition coefficient (Wildman–Crippen LogP) is 5.42. The molecule has 3 amide bonds. The van der Waals surface area contributed by atoms with Gasteiger partial charge < -0.3 is 15.5 Å². The second kappa shape index (κ2) is 9.32. The number of carbonyl (C=O) groups is 3. The van der Waals surface area contributed by atoms with Gasteiger partial charge in [0.2, 0.25) is 5.91 Å². The Morgan fingerprint density at radius 1 is 0.968 bits per heavy atom. The van der Waals surface area contributed by atoms with Gasteiger partial charge in [0.25, 0.3) is 11.8 Å². The van der Waals surface area contributed by atoms with Gasteiger partial charge in [-0.05, 0) is 60.7 Å². The first-order valence-corrected chi connectivity index (χ1v) is 11.1. The van der Waals surface area contributed by atoms with Crippen LogP contribution in [-0.2, 0) is 4.79 Å². The molecule has 2 N–H and O–H groups in total. The molecule has 0 aliphatic carbocycles.